The highest BCUT2D eigenvalue weighted by atomic mass is 16.5. The summed E-state index contributed by atoms with van der Waals surface area (Å²) in [5.41, 5.74) is 1.15. The number of unbranched alkanes of at least 4 members (excludes halogenated alkanes) is 1. The van der Waals surface area contributed by atoms with Crippen molar-refractivity contribution in [3.8, 4) is 5.75 Å². The van der Waals surface area contributed by atoms with Crippen molar-refractivity contribution in [1.82, 2.24) is 10.6 Å². The lowest BCUT2D eigenvalue weighted by Crippen LogP contribution is -2.37. The van der Waals surface area contributed by atoms with E-state index in [1.165, 1.54) is 6.42 Å². The van der Waals surface area contributed by atoms with Crippen molar-refractivity contribution in [2.24, 2.45) is 4.99 Å². The van der Waals surface area contributed by atoms with E-state index in [0.717, 1.165) is 56.3 Å². The molecule has 0 spiro atoms. The second-order valence-corrected chi connectivity index (χ2v) is 6.01. The van der Waals surface area contributed by atoms with Crippen LogP contribution in [0.25, 0.3) is 0 Å². The molecule has 0 saturated carbocycles. The molecule has 0 heterocycles. The summed E-state index contributed by atoms with van der Waals surface area (Å²) in [5, 5.41) is 6.63. The van der Waals surface area contributed by atoms with Crippen molar-refractivity contribution in [2.45, 2.75) is 39.2 Å². The Balaban J connectivity index is 2.24. The van der Waals surface area contributed by atoms with E-state index >= 15 is 0 Å². The fourth-order valence-electron chi connectivity index (χ4n) is 2.27. The minimum atomic E-state index is 0.661. The van der Waals surface area contributed by atoms with Gasteiger partial charge in [0, 0.05) is 53.5 Å². The zero-order valence-electron chi connectivity index (χ0n) is 16.6. The molecule has 0 aliphatic heterocycles. The van der Waals surface area contributed by atoms with Crippen LogP contribution in [0.2, 0.25) is 0 Å². The average molecular weight is 366 g/mol. The first-order valence-electron chi connectivity index (χ1n) is 9.53. The molecule has 1 aromatic carbocycles. The molecule has 6 heteroatoms. The minimum Gasteiger partial charge on any atom is -0.493 e. The highest BCUT2D eigenvalue weighted by molar-refractivity contribution is 5.79. The summed E-state index contributed by atoms with van der Waals surface area (Å²) in [7, 11) is 3.48. The van der Waals surface area contributed by atoms with Crippen LogP contribution in [-0.2, 0) is 16.0 Å². The van der Waals surface area contributed by atoms with Gasteiger partial charge in [0.1, 0.15) is 5.75 Å². The molecule has 0 atom stereocenters. The van der Waals surface area contributed by atoms with Crippen LogP contribution in [0, 0.1) is 0 Å². The van der Waals surface area contributed by atoms with Gasteiger partial charge < -0.3 is 24.8 Å². The van der Waals surface area contributed by atoms with Crippen molar-refractivity contribution >= 4 is 5.96 Å². The number of methoxy groups -OCH3 is 1. The molecule has 0 bridgehead atoms. The van der Waals surface area contributed by atoms with Gasteiger partial charge in [0.05, 0.1) is 6.61 Å². The molecular formula is C20H35N3O3. The highest BCUT2D eigenvalue weighted by Gasteiger charge is 2.00. The van der Waals surface area contributed by atoms with Gasteiger partial charge in [-0.25, -0.2) is 0 Å². The predicted molar refractivity (Wildman–Crippen MR) is 107 cm³/mol. The molecule has 1 aromatic rings. The summed E-state index contributed by atoms with van der Waals surface area (Å²) in [4.78, 5) is 4.25. The summed E-state index contributed by atoms with van der Waals surface area (Å²) in [6.07, 6.45) is 4.16. The summed E-state index contributed by atoms with van der Waals surface area (Å²) >= 11 is 0. The van der Waals surface area contributed by atoms with E-state index < -0.39 is 0 Å². The Morgan fingerprint density at radius 2 is 1.88 bits per heavy atom. The summed E-state index contributed by atoms with van der Waals surface area (Å²) in [6.45, 7) is 6.72. The molecule has 0 unspecified atom stereocenters. The molecule has 26 heavy (non-hydrogen) atoms. The first kappa shape index (κ1) is 22.3. The molecule has 0 fully saturated rings. The Labute approximate surface area is 158 Å². The number of nitrogens with zero attached hydrogens (tertiary/aromatic N) is 1. The molecule has 0 radical (unpaired) electrons. The molecule has 0 aromatic heterocycles. The zero-order valence-corrected chi connectivity index (χ0v) is 16.6. The molecule has 1 rings (SSSR count). The third-order valence-corrected chi connectivity index (χ3v) is 3.74. The molecule has 0 saturated heterocycles. The number of rotatable bonds is 14. The normalized spacial score (nSPS) is 11.4. The van der Waals surface area contributed by atoms with Crippen molar-refractivity contribution < 1.29 is 14.2 Å². The van der Waals surface area contributed by atoms with Crippen LogP contribution in [0.1, 0.15) is 38.2 Å². The standard InChI is InChI=1S/C20H35N3O3/c1-4-5-13-25-14-7-11-22-20(21-2)23-17-18-9-6-10-19(16-18)26-15-8-12-24-3/h6,9-10,16H,4-5,7-8,11-15,17H2,1-3H3,(H2,21,22,23). The van der Waals surface area contributed by atoms with E-state index in [1.807, 2.05) is 12.1 Å². The Hall–Kier alpha value is -1.79. The van der Waals surface area contributed by atoms with Crippen LogP contribution in [0.4, 0.5) is 0 Å². The molecular weight excluding hydrogens is 330 g/mol. The van der Waals surface area contributed by atoms with Crippen LogP contribution in [0.15, 0.2) is 29.3 Å². The molecule has 148 valence electrons. The van der Waals surface area contributed by atoms with Gasteiger partial charge in [-0.2, -0.15) is 0 Å². The molecule has 6 nitrogen and oxygen atoms in total. The quantitative estimate of drug-likeness (QED) is 0.301. The predicted octanol–water partition coefficient (Wildman–Crippen LogP) is 2.97. The Bertz CT molecular complexity index is 495. The first-order valence-corrected chi connectivity index (χ1v) is 9.53. The number of benzene rings is 1. The summed E-state index contributed by atoms with van der Waals surface area (Å²) in [5.74, 6) is 1.68. The average Bonchev–Trinajstić information content (AvgIpc) is 2.67. The summed E-state index contributed by atoms with van der Waals surface area (Å²) < 4.78 is 16.3. The number of guanidine groups is 1. The monoisotopic (exact) mass is 365 g/mol. The SMILES string of the molecule is CCCCOCCCNC(=NC)NCc1cccc(OCCCOC)c1. The largest absolute Gasteiger partial charge is 0.493 e. The third kappa shape index (κ3) is 10.9. The Morgan fingerprint density at radius 3 is 2.65 bits per heavy atom. The third-order valence-electron chi connectivity index (χ3n) is 3.74. The minimum absolute atomic E-state index is 0.661. The lowest BCUT2D eigenvalue weighted by molar-refractivity contribution is 0.129. The smallest absolute Gasteiger partial charge is 0.191 e. The van der Waals surface area contributed by atoms with E-state index in [4.69, 9.17) is 14.2 Å². The van der Waals surface area contributed by atoms with Crippen LogP contribution in [0.5, 0.6) is 5.75 Å². The van der Waals surface area contributed by atoms with Gasteiger partial charge >= 0.3 is 0 Å². The van der Waals surface area contributed by atoms with Gasteiger partial charge in [-0.1, -0.05) is 25.5 Å². The summed E-state index contributed by atoms with van der Waals surface area (Å²) in [6, 6.07) is 8.10. The maximum atomic E-state index is 5.73. The maximum Gasteiger partial charge on any atom is 0.191 e. The van der Waals surface area contributed by atoms with Crippen LogP contribution in [-0.4, -0.2) is 53.1 Å². The topological polar surface area (TPSA) is 64.1 Å². The van der Waals surface area contributed by atoms with Gasteiger partial charge in [0.25, 0.3) is 0 Å². The second-order valence-electron chi connectivity index (χ2n) is 6.01. The first-order chi connectivity index (χ1) is 12.8. The van der Waals surface area contributed by atoms with Crippen LogP contribution in [0.3, 0.4) is 0 Å². The van der Waals surface area contributed by atoms with E-state index in [2.05, 4.69) is 34.7 Å². The van der Waals surface area contributed by atoms with Crippen LogP contribution < -0.4 is 15.4 Å². The van der Waals surface area contributed by atoms with Crippen LogP contribution >= 0.6 is 0 Å². The van der Waals surface area contributed by atoms with E-state index in [-0.39, 0.29) is 0 Å². The van der Waals surface area contributed by atoms with E-state index in [1.54, 1.807) is 14.2 Å². The van der Waals surface area contributed by atoms with Gasteiger partial charge in [0.15, 0.2) is 5.96 Å². The second kappa shape index (κ2) is 15.5. The number of aliphatic imine (C=N–C) groups is 1. The fraction of sp³-hybridized carbons (Fsp3) is 0.650. The van der Waals surface area contributed by atoms with Crippen molar-refractivity contribution in [3.05, 3.63) is 29.8 Å². The van der Waals surface area contributed by atoms with Crippen molar-refractivity contribution in [3.63, 3.8) is 0 Å². The van der Waals surface area contributed by atoms with Gasteiger partial charge in [-0.05, 0) is 30.5 Å². The lowest BCUT2D eigenvalue weighted by Gasteiger charge is -2.13. The molecule has 2 N–H and O–H groups in total. The maximum absolute atomic E-state index is 5.73. The van der Waals surface area contributed by atoms with Crippen molar-refractivity contribution in [2.75, 3.05) is 47.1 Å². The molecule has 0 amide bonds. The number of ether oxygens (including phenoxy) is 3. The van der Waals surface area contributed by atoms with Gasteiger partial charge in [0.2, 0.25) is 0 Å². The zero-order chi connectivity index (χ0) is 18.9. The van der Waals surface area contributed by atoms with Gasteiger partial charge in [-0.3, -0.25) is 4.99 Å². The molecule has 0 aliphatic carbocycles. The van der Waals surface area contributed by atoms with E-state index in [0.29, 0.717) is 19.8 Å². The molecule has 0 aliphatic rings. The fourth-order valence-corrected chi connectivity index (χ4v) is 2.27. The number of hydrogen-bond donors (Lipinski definition) is 2. The van der Waals surface area contributed by atoms with Gasteiger partial charge in [-0.15, -0.1) is 0 Å². The Morgan fingerprint density at radius 1 is 1.04 bits per heavy atom. The highest BCUT2D eigenvalue weighted by Crippen LogP contribution is 2.13. The number of nitrogens with one attached hydrogen (secondary N) is 2. The number of hydrogen-bond acceptors (Lipinski definition) is 4. The van der Waals surface area contributed by atoms with E-state index in [9.17, 15) is 0 Å². The lowest BCUT2D eigenvalue weighted by atomic mass is 10.2. The van der Waals surface area contributed by atoms with Crippen molar-refractivity contribution in [1.29, 1.82) is 0 Å². The Kier molecular flexibility index (Phi) is 13.2.